The molecule has 0 aromatic heterocycles. The van der Waals surface area contributed by atoms with Crippen LogP contribution in [0.4, 0.5) is 4.79 Å². The number of benzene rings is 2. The summed E-state index contributed by atoms with van der Waals surface area (Å²) in [6, 6.07) is 16.5. The van der Waals surface area contributed by atoms with E-state index in [1.165, 1.54) is 4.90 Å². The Morgan fingerprint density at radius 3 is 2.21 bits per heavy atom. The number of alkyl carbamates (subject to hydrolysis) is 1. The second-order valence-corrected chi connectivity index (χ2v) is 8.71. The topological polar surface area (TPSA) is 120 Å². The highest BCUT2D eigenvalue weighted by Crippen LogP contribution is 2.44. The van der Waals surface area contributed by atoms with Gasteiger partial charge in [-0.3, -0.25) is 9.59 Å². The molecule has 0 saturated carbocycles. The van der Waals surface area contributed by atoms with Gasteiger partial charge in [0.05, 0.1) is 18.9 Å². The van der Waals surface area contributed by atoms with Gasteiger partial charge >= 0.3 is 12.1 Å². The largest absolute Gasteiger partial charge is 0.481 e. The van der Waals surface area contributed by atoms with Crippen molar-refractivity contribution in [2.24, 2.45) is 5.92 Å². The Bertz CT molecular complexity index is 1050. The molecule has 0 bridgehead atoms. The number of aliphatic carboxylic acids is 1. The van der Waals surface area contributed by atoms with Crippen LogP contribution in [-0.4, -0.2) is 53.7 Å². The number of carboxylic acid groups (broad SMARTS) is 1. The monoisotopic (exact) mass is 463 g/mol. The molecule has 0 spiro atoms. The fourth-order valence-corrected chi connectivity index (χ4v) is 4.29. The minimum Gasteiger partial charge on any atom is -0.481 e. The lowest BCUT2D eigenvalue weighted by molar-refractivity contribution is -0.142. The molecule has 1 aliphatic rings. The zero-order valence-corrected chi connectivity index (χ0v) is 19.4. The zero-order valence-electron chi connectivity index (χ0n) is 19.4. The fraction of sp³-hybridized carbons (Fsp3) is 0.385. The summed E-state index contributed by atoms with van der Waals surface area (Å²) in [5, 5.41) is 20.6. The van der Waals surface area contributed by atoms with E-state index in [9.17, 15) is 19.5 Å². The first-order valence-corrected chi connectivity index (χ1v) is 11.3. The Balaban J connectivity index is 1.70. The molecular formula is C26H29N3O5. The maximum Gasteiger partial charge on any atom is 0.407 e. The molecule has 1 atom stereocenters. The highest BCUT2D eigenvalue weighted by molar-refractivity contribution is 5.89. The van der Waals surface area contributed by atoms with Crippen molar-refractivity contribution in [1.29, 1.82) is 5.26 Å². The molecule has 0 heterocycles. The van der Waals surface area contributed by atoms with Crippen LogP contribution in [0.25, 0.3) is 11.1 Å². The molecule has 34 heavy (non-hydrogen) atoms. The first-order chi connectivity index (χ1) is 16.3. The SMILES string of the molecule is CC(C)CN(CCC#N)C(=O)C(CC(=O)O)NC(=O)OCC1c2ccccc2-c2ccccc21. The number of nitrogens with zero attached hydrogens (tertiary/aromatic N) is 2. The Labute approximate surface area is 199 Å². The number of rotatable bonds is 10. The number of amides is 2. The predicted molar refractivity (Wildman–Crippen MR) is 126 cm³/mol. The summed E-state index contributed by atoms with van der Waals surface area (Å²) in [6.07, 6.45) is -1.32. The molecule has 0 saturated heterocycles. The average molecular weight is 464 g/mol. The molecule has 0 radical (unpaired) electrons. The van der Waals surface area contributed by atoms with Gasteiger partial charge in [-0.15, -0.1) is 0 Å². The normalized spacial score (nSPS) is 12.9. The summed E-state index contributed by atoms with van der Waals surface area (Å²) < 4.78 is 5.48. The summed E-state index contributed by atoms with van der Waals surface area (Å²) in [6.45, 7) is 4.40. The number of carboxylic acids is 1. The summed E-state index contributed by atoms with van der Waals surface area (Å²) in [4.78, 5) is 38.5. The standard InChI is InChI=1S/C26H29N3O5/c1-17(2)15-29(13-7-12-27)25(32)23(14-24(30)31)28-26(33)34-16-22-20-10-5-3-8-18(20)19-9-4-6-11-21(19)22/h3-6,8-11,17,22-23H,7,13-16H2,1-2H3,(H,28,33)(H,30,31). The molecule has 8 heteroatoms. The number of ether oxygens (including phenoxy) is 1. The lowest BCUT2D eigenvalue weighted by atomic mass is 9.98. The van der Waals surface area contributed by atoms with Crippen LogP contribution in [0, 0.1) is 17.2 Å². The second-order valence-electron chi connectivity index (χ2n) is 8.71. The first-order valence-electron chi connectivity index (χ1n) is 11.3. The number of hydrogen-bond donors (Lipinski definition) is 2. The van der Waals surface area contributed by atoms with E-state index in [1.54, 1.807) is 0 Å². The van der Waals surface area contributed by atoms with E-state index >= 15 is 0 Å². The Morgan fingerprint density at radius 1 is 1.09 bits per heavy atom. The van der Waals surface area contributed by atoms with E-state index in [2.05, 4.69) is 5.32 Å². The molecule has 8 nitrogen and oxygen atoms in total. The van der Waals surface area contributed by atoms with Crippen molar-refractivity contribution in [1.82, 2.24) is 10.2 Å². The van der Waals surface area contributed by atoms with Crippen LogP contribution in [0.3, 0.4) is 0 Å². The van der Waals surface area contributed by atoms with Gasteiger partial charge in [0, 0.05) is 19.0 Å². The van der Waals surface area contributed by atoms with Gasteiger partial charge in [0.1, 0.15) is 12.6 Å². The highest BCUT2D eigenvalue weighted by atomic mass is 16.5. The number of carbonyl (C=O) groups excluding carboxylic acids is 2. The molecule has 178 valence electrons. The van der Waals surface area contributed by atoms with E-state index in [-0.39, 0.29) is 31.4 Å². The molecule has 1 unspecified atom stereocenters. The Morgan fingerprint density at radius 2 is 1.68 bits per heavy atom. The van der Waals surface area contributed by atoms with Crippen molar-refractivity contribution < 1.29 is 24.2 Å². The average Bonchev–Trinajstić information content (AvgIpc) is 3.13. The second kappa shape index (κ2) is 11.3. The van der Waals surface area contributed by atoms with Gasteiger partial charge in [-0.25, -0.2) is 4.79 Å². The number of fused-ring (bicyclic) bond motifs is 3. The van der Waals surface area contributed by atoms with Crippen LogP contribution in [-0.2, 0) is 14.3 Å². The van der Waals surface area contributed by atoms with Gasteiger partial charge in [-0.2, -0.15) is 5.26 Å². The van der Waals surface area contributed by atoms with Gasteiger partial charge in [0.25, 0.3) is 0 Å². The summed E-state index contributed by atoms with van der Waals surface area (Å²) in [5.41, 5.74) is 4.28. The van der Waals surface area contributed by atoms with Gasteiger partial charge in [-0.05, 0) is 28.2 Å². The van der Waals surface area contributed by atoms with Gasteiger partial charge in [0.2, 0.25) is 5.91 Å². The van der Waals surface area contributed by atoms with Gasteiger partial charge < -0.3 is 20.1 Å². The molecule has 2 aromatic rings. The predicted octanol–water partition coefficient (Wildman–Crippen LogP) is 3.77. The van der Waals surface area contributed by atoms with Crippen molar-refractivity contribution in [3.05, 3.63) is 59.7 Å². The van der Waals surface area contributed by atoms with E-state index in [0.717, 1.165) is 22.3 Å². The van der Waals surface area contributed by atoms with Crippen LogP contribution >= 0.6 is 0 Å². The zero-order chi connectivity index (χ0) is 24.7. The molecule has 1 aliphatic carbocycles. The third-order valence-corrected chi connectivity index (χ3v) is 5.70. The van der Waals surface area contributed by atoms with Crippen molar-refractivity contribution in [2.75, 3.05) is 19.7 Å². The van der Waals surface area contributed by atoms with E-state index in [1.807, 2.05) is 68.4 Å². The minimum absolute atomic E-state index is 0.0536. The van der Waals surface area contributed by atoms with Crippen LogP contribution in [0.5, 0.6) is 0 Å². The highest BCUT2D eigenvalue weighted by Gasteiger charge is 2.31. The molecule has 3 rings (SSSR count). The quantitative estimate of drug-likeness (QED) is 0.554. The number of nitrogens with one attached hydrogen (secondary N) is 1. The van der Waals surface area contributed by atoms with E-state index < -0.39 is 30.4 Å². The smallest absolute Gasteiger partial charge is 0.407 e. The maximum atomic E-state index is 13.0. The van der Waals surface area contributed by atoms with E-state index in [0.29, 0.717) is 6.54 Å². The lowest BCUT2D eigenvalue weighted by Crippen LogP contribution is -2.50. The summed E-state index contributed by atoms with van der Waals surface area (Å²) >= 11 is 0. The van der Waals surface area contributed by atoms with Crippen molar-refractivity contribution in [3.63, 3.8) is 0 Å². The van der Waals surface area contributed by atoms with Crippen molar-refractivity contribution in [3.8, 4) is 17.2 Å². The van der Waals surface area contributed by atoms with Crippen molar-refractivity contribution >= 4 is 18.0 Å². The molecule has 2 aromatic carbocycles. The summed E-state index contributed by atoms with van der Waals surface area (Å²) in [5.74, 6) is -1.80. The van der Waals surface area contributed by atoms with Crippen LogP contribution in [0.2, 0.25) is 0 Å². The molecule has 0 fully saturated rings. The third kappa shape index (κ3) is 5.93. The van der Waals surface area contributed by atoms with Crippen LogP contribution in [0.1, 0.15) is 43.7 Å². The fourth-order valence-electron chi connectivity index (χ4n) is 4.29. The van der Waals surface area contributed by atoms with Crippen LogP contribution in [0.15, 0.2) is 48.5 Å². The van der Waals surface area contributed by atoms with Crippen molar-refractivity contribution in [2.45, 2.75) is 38.6 Å². The molecule has 0 aliphatic heterocycles. The van der Waals surface area contributed by atoms with E-state index in [4.69, 9.17) is 10.00 Å². The Hall–Kier alpha value is -3.86. The van der Waals surface area contributed by atoms with Gasteiger partial charge in [-0.1, -0.05) is 62.4 Å². The van der Waals surface area contributed by atoms with Gasteiger partial charge in [0.15, 0.2) is 0 Å². The van der Waals surface area contributed by atoms with Crippen LogP contribution < -0.4 is 5.32 Å². The first kappa shape index (κ1) is 24.8. The molecule has 2 amide bonds. The minimum atomic E-state index is -1.29. The Kier molecular flexibility index (Phi) is 8.25. The summed E-state index contributed by atoms with van der Waals surface area (Å²) in [7, 11) is 0. The lowest BCUT2D eigenvalue weighted by Gasteiger charge is -2.28. The number of carbonyl (C=O) groups is 3. The maximum absolute atomic E-state index is 13.0. The number of nitriles is 1. The third-order valence-electron chi connectivity index (χ3n) is 5.70. The number of hydrogen-bond acceptors (Lipinski definition) is 5. The molecular weight excluding hydrogens is 434 g/mol. The molecule has 2 N–H and O–H groups in total.